The molecule has 130 valence electrons. The van der Waals surface area contributed by atoms with E-state index in [1.807, 2.05) is 0 Å². The molecule has 1 aliphatic rings. The molecule has 1 unspecified atom stereocenters. The first-order chi connectivity index (χ1) is 11.1. The third-order valence-electron chi connectivity index (χ3n) is 3.79. The smallest absolute Gasteiger partial charge is 0.410 e. The monoisotopic (exact) mass is 333 g/mol. The van der Waals surface area contributed by atoms with Gasteiger partial charge in [0.1, 0.15) is 23.1 Å². The Morgan fingerprint density at radius 1 is 1.42 bits per heavy atom. The van der Waals surface area contributed by atoms with Gasteiger partial charge in [0.25, 0.3) is 0 Å². The Hall–Kier alpha value is -2.56. The maximum Gasteiger partial charge on any atom is 0.410 e. The van der Waals surface area contributed by atoms with E-state index >= 15 is 0 Å². The molecule has 1 aromatic rings. The molecule has 2 heterocycles. The van der Waals surface area contributed by atoms with Crippen molar-refractivity contribution in [2.75, 3.05) is 18.4 Å². The summed E-state index contributed by atoms with van der Waals surface area (Å²) < 4.78 is 6.80. The van der Waals surface area contributed by atoms with Gasteiger partial charge in [-0.2, -0.15) is 10.4 Å². The molecule has 1 aliphatic heterocycles. The number of anilines is 1. The summed E-state index contributed by atoms with van der Waals surface area (Å²) in [4.78, 5) is 26.1. The van der Waals surface area contributed by atoms with Crippen LogP contribution in [0.15, 0.2) is 0 Å². The Morgan fingerprint density at radius 2 is 2.08 bits per heavy atom. The Labute approximate surface area is 141 Å². The average Bonchev–Trinajstić information content (AvgIpc) is 3.03. The first-order valence-electron chi connectivity index (χ1n) is 7.85. The van der Waals surface area contributed by atoms with Gasteiger partial charge in [-0.25, -0.2) is 4.79 Å². The normalized spacial score (nSPS) is 17.5. The molecule has 8 nitrogen and oxygen atoms in total. The second-order valence-corrected chi connectivity index (χ2v) is 6.95. The second kappa shape index (κ2) is 6.51. The van der Waals surface area contributed by atoms with Crippen molar-refractivity contribution in [3.63, 3.8) is 0 Å². The number of nitrogens with one attached hydrogen (secondary N) is 1. The van der Waals surface area contributed by atoms with E-state index in [1.165, 1.54) is 9.58 Å². The van der Waals surface area contributed by atoms with Crippen LogP contribution in [-0.2, 0) is 16.6 Å². The zero-order valence-electron chi connectivity index (χ0n) is 14.7. The summed E-state index contributed by atoms with van der Waals surface area (Å²) in [6.45, 7) is 7.91. The summed E-state index contributed by atoms with van der Waals surface area (Å²) in [7, 11) is 1.67. The molecule has 1 fully saturated rings. The van der Waals surface area contributed by atoms with Crippen LogP contribution in [0.5, 0.6) is 0 Å². The van der Waals surface area contributed by atoms with Gasteiger partial charge in [-0.1, -0.05) is 0 Å². The lowest BCUT2D eigenvalue weighted by molar-refractivity contribution is -0.119. The van der Waals surface area contributed by atoms with Crippen LogP contribution in [0.1, 0.15) is 38.4 Å². The number of nitrogens with zero attached hydrogens (tertiary/aromatic N) is 4. The van der Waals surface area contributed by atoms with Crippen LogP contribution >= 0.6 is 0 Å². The summed E-state index contributed by atoms with van der Waals surface area (Å²) in [5, 5.41) is 16.1. The van der Waals surface area contributed by atoms with Crippen LogP contribution < -0.4 is 5.32 Å². The van der Waals surface area contributed by atoms with Crippen LogP contribution in [-0.4, -0.2) is 45.4 Å². The molecule has 24 heavy (non-hydrogen) atoms. The molecule has 0 spiro atoms. The summed E-state index contributed by atoms with van der Waals surface area (Å²) in [6.07, 6.45) is 0.149. The molecule has 0 aliphatic carbocycles. The topological polar surface area (TPSA) is 100 Å². The lowest BCUT2D eigenvalue weighted by atomic mass is 10.1. The second-order valence-electron chi connectivity index (χ2n) is 6.95. The summed E-state index contributed by atoms with van der Waals surface area (Å²) >= 11 is 0. The highest BCUT2D eigenvalue weighted by atomic mass is 16.6. The standard InChI is InChI=1S/C16H23N5O3/c1-10-12(8-17)13(20(5)19-10)18-14(22)11-6-7-21(9-11)15(23)24-16(2,3)4/h11H,6-7,9H2,1-5H3,(H,18,22). The lowest BCUT2D eigenvalue weighted by Gasteiger charge is -2.24. The zero-order chi connectivity index (χ0) is 18.1. The van der Waals surface area contributed by atoms with Crippen molar-refractivity contribution in [2.45, 2.75) is 39.7 Å². The summed E-state index contributed by atoms with van der Waals surface area (Å²) in [5.41, 5.74) is 0.357. The largest absolute Gasteiger partial charge is 0.444 e. The van der Waals surface area contributed by atoms with E-state index in [0.717, 1.165) is 0 Å². The van der Waals surface area contributed by atoms with Crippen molar-refractivity contribution in [3.05, 3.63) is 11.3 Å². The third-order valence-corrected chi connectivity index (χ3v) is 3.79. The molecule has 0 bridgehead atoms. The van der Waals surface area contributed by atoms with Gasteiger partial charge in [-0.3, -0.25) is 9.48 Å². The molecule has 8 heteroatoms. The minimum atomic E-state index is -0.564. The van der Waals surface area contributed by atoms with Crippen LogP contribution in [0, 0.1) is 24.2 Å². The molecule has 2 amide bonds. The van der Waals surface area contributed by atoms with E-state index in [2.05, 4.69) is 16.5 Å². The highest BCUT2D eigenvalue weighted by molar-refractivity contribution is 5.93. The molecular formula is C16H23N5O3. The van der Waals surface area contributed by atoms with Crippen molar-refractivity contribution in [2.24, 2.45) is 13.0 Å². The molecule has 1 saturated heterocycles. The number of nitriles is 1. The van der Waals surface area contributed by atoms with Gasteiger partial charge in [0.15, 0.2) is 0 Å². The van der Waals surface area contributed by atoms with Crippen LogP contribution in [0.2, 0.25) is 0 Å². The Balaban J connectivity index is 2.01. The summed E-state index contributed by atoms with van der Waals surface area (Å²) in [6, 6.07) is 2.05. The van der Waals surface area contributed by atoms with E-state index in [-0.39, 0.29) is 11.8 Å². The van der Waals surface area contributed by atoms with Gasteiger partial charge in [-0.15, -0.1) is 0 Å². The van der Waals surface area contributed by atoms with E-state index < -0.39 is 11.7 Å². The third kappa shape index (κ3) is 3.85. The Bertz CT molecular complexity index is 696. The van der Waals surface area contributed by atoms with Crippen LogP contribution in [0.25, 0.3) is 0 Å². The molecule has 2 rings (SSSR count). The predicted molar refractivity (Wildman–Crippen MR) is 87.2 cm³/mol. The molecular weight excluding hydrogens is 310 g/mol. The number of ether oxygens (including phenoxy) is 1. The number of hydrogen-bond donors (Lipinski definition) is 1. The first-order valence-corrected chi connectivity index (χ1v) is 7.85. The van der Waals surface area contributed by atoms with Gasteiger partial charge < -0.3 is 15.0 Å². The number of carbonyl (C=O) groups is 2. The zero-order valence-corrected chi connectivity index (χ0v) is 14.7. The highest BCUT2D eigenvalue weighted by Crippen LogP contribution is 2.23. The molecule has 1 N–H and O–H groups in total. The number of likely N-dealkylation sites (tertiary alicyclic amines) is 1. The van der Waals surface area contributed by atoms with Gasteiger partial charge in [0.05, 0.1) is 11.6 Å². The average molecular weight is 333 g/mol. The van der Waals surface area contributed by atoms with Crippen molar-refractivity contribution in [3.8, 4) is 6.07 Å². The van der Waals surface area contributed by atoms with E-state index in [0.29, 0.717) is 36.6 Å². The van der Waals surface area contributed by atoms with Gasteiger partial charge in [-0.05, 0) is 34.1 Å². The Kier molecular flexibility index (Phi) is 4.83. The molecule has 0 saturated carbocycles. The van der Waals surface area contributed by atoms with Crippen LogP contribution in [0.4, 0.5) is 10.6 Å². The van der Waals surface area contributed by atoms with Crippen molar-refractivity contribution < 1.29 is 14.3 Å². The first kappa shape index (κ1) is 17.8. The number of hydrogen-bond acceptors (Lipinski definition) is 5. The number of aromatic nitrogens is 2. The van der Waals surface area contributed by atoms with E-state index in [4.69, 9.17) is 4.74 Å². The SMILES string of the molecule is Cc1nn(C)c(NC(=O)C2CCN(C(=O)OC(C)(C)C)C2)c1C#N. The lowest BCUT2D eigenvalue weighted by Crippen LogP contribution is -2.36. The van der Waals surface area contributed by atoms with E-state index in [9.17, 15) is 14.9 Å². The fourth-order valence-electron chi connectivity index (χ4n) is 2.62. The molecule has 0 radical (unpaired) electrons. The Morgan fingerprint density at radius 3 is 2.67 bits per heavy atom. The fraction of sp³-hybridized carbons (Fsp3) is 0.625. The fourth-order valence-corrected chi connectivity index (χ4v) is 2.62. The number of aryl methyl sites for hydroxylation is 2. The minimum Gasteiger partial charge on any atom is -0.444 e. The molecule has 1 atom stereocenters. The molecule has 0 aromatic carbocycles. The number of rotatable bonds is 2. The highest BCUT2D eigenvalue weighted by Gasteiger charge is 2.34. The maximum absolute atomic E-state index is 12.5. The van der Waals surface area contributed by atoms with Crippen molar-refractivity contribution in [1.29, 1.82) is 5.26 Å². The van der Waals surface area contributed by atoms with E-state index in [1.54, 1.807) is 34.7 Å². The van der Waals surface area contributed by atoms with Crippen molar-refractivity contribution >= 4 is 17.8 Å². The van der Waals surface area contributed by atoms with Gasteiger partial charge in [0.2, 0.25) is 5.91 Å². The van der Waals surface area contributed by atoms with Gasteiger partial charge in [0, 0.05) is 20.1 Å². The number of amides is 2. The maximum atomic E-state index is 12.5. The minimum absolute atomic E-state index is 0.222. The number of carbonyl (C=O) groups excluding carboxylic acids is 2. The quantitative estimate of drug-likeness (QED) is 0.889. The molecule has 1 aromatic heterocycles. The van der Waals surface area contributed by atoms with Crippen LogP contribution in [0.3, 0.4) is 0 Å². The van der Waals surface area contributed by atoms with Crippen molar-refractivity contribution in [1.82, 2.24) is 14.7 Å². The van der Waals surface area contributed by atoms with Gasteiger partial charge >= 0.3 is 6.09 Å². The summed E-state index contributed by atoms with van der Waals surface area (Å²) in [5.74, 6) is -0.171. The predicted octanol–water partition coefficient (Wildman–Crippen LogP) is 1.80.